The second-order valence-corrected chi connectivity index (χ2v) is 7.06. The molecule has 2 heterocycles. The van der Waals surface area contributed by atoms with Gasteiger partial charge in [-0.05, 0) is 25.8 Å². The summed E-state index contributed by atoms with van der Waals surface area (Å²) in [4.78, 5) is 17.0. The zero-order valence-corrected chi connectivity index (χ0v) is 15.6. The fourth-order valence-electron chi connectivity index (χ4n) is 3.69. The van der Waals surface area contributed by atoms with E-state index in [-0.39, 0.29) is 12.1 Å². The minimum absolute atomic E-state index is 0.00428. The van der Waals surface area contributed by atoms with Crippen molar-refractivity contribution in [2.24, 2.45) is 5.73 Å². The van der Waals surface area contributed by atoms with Crippen molar-refractivity contribution in [2.45, 2.75) is 38.0 Å². The van der Waals surface area contributed by atoms with Crippen molar-refractivity contribution in [3.05, 3.63) is 59.7 Å². The molecule has 0 unspecified atom stereocenters. The van der Waals surface area contributed by atoms with Gasteiger partial charge in [-0.25, -0.2) is 18.4 Å². The van der Waals surface area contributed by atoms with Crippen molar-refractivity contribution in [1.29, 1.82) is 0 Å². The largest absolute Gasteiger partial charge is 0.381 e. The van der Waals surface area contributed by atoms with Gasteiger partial charge in [0.2, 0.25) is 5.91 Å². The average Bonchev–Trinajstić information content (AvgIpc) is 3.14. The van der Waals surface area contributed by atoms with Crippen LogP contribution in [-0.2, 0) is 16.9 Å². The molecule has 1 aliphatic rings. The Morgan fingerprint density at radius 2 is 2.11 bits per heavy atom. The molecule has 150 valence electrons. The number of piperidine rings is 1. The molecule has 2 atom stereocenters. The molecule has 1 aromatic carbocycles. The van der Waals surface area contributed by atoms with E-state index in [1.807, 2.05) is 4.90 Å². The maximum absolute atomic E-state index is 14.6. The first-order valence-corrected chi connectivity index (χ1v) is 9.03. The Morgan fingerprint density at radius 3 is 2.68 bits per heavy atom. The van der Waals surface area contributed by atoms with Crippen molar-refractivity contribution < 1.29 is 18.7 Å². The third-order valence-corrected chi connectivity index (χ3v) is 5.29. The highest BCUT2D eigenvalue weighted by Gasteiger charge is 2.42. The minimum Gasteiger partial charge on any atom is -0.381 e. The van der Waals surface area contributed by atoms with Crippen molar-refractivity contribution in [2.75, 3.05) is 13.1 Å². The van der Waals surface area contributed by atoms with Gasteiger partial charge in [0, 0.05) is 36.8 Å². The molecule has 9 heteroatoms. The van der Waals surface area contributed by atoms with Crippen LogP contribution < -0.4 is 5.73 Å². The number of halogens is 2. The van der Waals surface area contributed by atoms with E-state index < -0.39 is 29.2 Å². The fourth-order valence-corrected chi connectivity index (χ4v) is 3.69. The quantitative estimate of drug-likeness (QED) is 0.725. The number of nitrogens with two attached hydrogens (primary N) is 1. The van der Waals surface area contributed by atoms with Crippen LogP contribution >= 0.6 is 0 Å². The Bertz CT molecular complexity index is 861. The first kappa shape index (κ1) is 20.1. The van der Waals surface area contributed by atoms with Crippen molar-refractivity contribution in [3.63, 3.8) is 0 Å². The summed E-state index contributed by atoms with van der Waals surface area (Å²) >= 11 is 0. The van der Waals surface area contributed by atoms with Gasteiger partial charge in [0.25, 0.3) is 0 Å². The number of carbonyl (C=O) groups excluding carboxylic acids is 1. The molecule has 0 saturated carbocycles. The third kappa shape index (κ3) is 4.26. The number of nitrogens with zero attached hydrogens (tertiary/aromatic N) is 4. The second-order valence-electron chi connectivity index (χ2n) is 7.06. The zero-order valence-electron chi connectivity index (χ0n) is 15.6. The summed E-state index contributed by atoms with van der Waals surface area (Å²) in [6.07, 6.45) is 5.44. The van der Waals surface area contributed by atoms with Gasteiger partial charge in [0.05, 0.1) is 6.54 Å². The van der Waals surface area contributed by atoms with Gasteiger partial charge in [-0.2, -0.15) is 5.10 Å². The molecular weight excluding hydrogens is 368 g/mol. The van der Waals surface area contributed by atoms with E-state index in [4.69, 9.17) is 5.73 Å². The summed E-state index contributed by atoms with van der Waals surface area (Å²) in [6.45, 7) is 2.89. The van der Waals surface area contributed by atoms with Crippen molar-refractivity contribution >= 4 is 5.91 Å². The lowest BCUT2D eigenvalue weighted by Gasteiger charge is -2.43. The number of primary amides is 1. The van der Waals surface area contributed by atoms with Gasteiger partial charge >= 0.3 is 0 Å². The minimum atomic E-state index is -1.67. The molecular formula is C19H23F2N5O2. The number of aromatic nitrogens is 3. The van der Waals surface area contributed by atoms with Gasteiger partial charge in [-0.3, -0.25) is 9.69 Å². The van der Waals surface area contributed by atoms with Gasteiger partial charge in [-0.15, -0.1) is 0 Å². The number of benzene rings is 1. The summed E-state index contributed by atoms with van der Waals surface area (Å²) in [5.41, 5.74) is 4.48. The molecule has 1 amide bonds. The summed E-state index contributed by atoms with van der Waals surface area (Å²) in [5.74, 6) is -2.01. The summed E-state index contributed by atoms with van der Waals surface area (Å²) in [5, 5.41) is 15.6. The van der Waals surface area contributed by atoms with Crippen LogP contribution in [0.5, 0.6) is 0 Å². The Morgan fingerprint density at radius 1 is 1.39 bits per heavy atom. The van der Waals surface area contributed by atoms with Gasteiger partial charge in [0.1, 0.15) is 29.9 Å². The Labute approximate surface area is 161 Å². The van der Waals surface area contributed by atoms with Gasteiger partial charge in [0.15, 0.2) is 0 Å². The topological polar surface area (TPSA) is 97.3 Å². The molecule has 1 aliphatic heterocycles. The van der Waals surface area contributed by atoms with Crippen LogP contribution in [0, 0.1) is 11.6 Å². The smallest absolute Gasteiger partial charge is 0.241 e. The molecule has 0 spiro atoms. The highest BCUT2D eigenvalue weighted by atomic mass is 19.1. The number of hydrogen-bond acceptors (Lipinski definition) is 5. The Balaban J connectivity index is 1.89. The molecule has 28 heavy (non-hydrogen) atoms. The molecule has 3 N–H and O–H groups in total. The van der Waals surface area contributed by atoms with E-state index in [1.54, 1.807) is 6.92 Å². The highest BCUT2D eigenvalue weighted by molar-refractivity contribution is 5.86. The number of aliphatic hydroxyl groups is 1. The Kier molecular flexibility index (Phi) is 5.85. The predicted molar refractivity (Wildman–Crippen MR) is 97.8 cm³/mol. The van der Waals surface area contributed by atoms with Crippen LogP contribution in [0.4, 0.5) is 8.78 Å². The molecule has 3 rings (SSSR count). The third-order valence-electron chi connectivity index (χ3n) is 5.29. The van der Waals surface area contributed by atoms with Gasteiger partial charge in [-0.1, -0.05) is 11.6 Å². The number of carbonyl (C=O) groups is 1. The van der Waals surface area contributed by atoms with E-state index in [2.05, 4.69) is 10.1 Å². The van der Waals surface area contributed by atoms with E-state index >= 15 is 0 Å². The highest BCUT2D eigenvalue weighted by Crippen LogP contribution is 2.34. The lowest BCUT2D eigenvalue weighted by atomic mass is 9.84. The van der Waals surface area contributed by atoms with Crippen LogP contribution in [0.25, 0.3) is 0 Å². The van der Waals surface area contributed by atoms with E-state index in [1.165, 1.54) is 29.5 Å². The van der Waals surface area contributed by atoms with E-state index in [9.17, 15) is 18.7 Å². The number of likely N-dealkylation sites (tertiary alicyclic amines) is 1. The Hall–Kier alpha value is -2.65. The van der Waals surface area contributed by atoms with Crippen LogP contribution in [0.1, 0.15) is 25.3 Å². The number of rotatable bonds is 6. The van der Waals surface area contributed by atoms with Crippen molar-refractivity contribution in [3.8, 4) is 0 Å². The first-order valence-electron chi connectivity index (χ1n) is 9.03. The van der Waals surface area contributed by atoms with Crippen molar-refractivity contribution in [1.82, 2.24) is 19.7 Å². The molecule has 2 aromatic rings. The molecule has 0 radical (unpaired) electrons. The normalized spacial score (nSPS) is 18.5. The molecule has 0 bridgehead atoms. The van der Waals surface area contributed by atoms with Crippen LogP contribution in [0.3, 0.4) is 0 Å². The number of hydrogen-bond donors (Lipinski definition) is 2. The SMILES string of the molecule is C[C@@H](N1CCC(=CC(N)=O)CC1)[C@](O)(Cn1cncn1)c1ccc(F)cc1F. The maximum Gasteiger partial charge on any atom is 0.241 e. The second kappa shape index (κ2) is 8.15. The average molecular weight is 391 g/mol. The summed E-state index contributed by atoms with van der Waals surface area (Å²) < 4.78 is 29.4. The lowest BCUT2D eigenvalue weighted by molar-refractivity contribution is -0.113. The van der Waals surface area contributed by atoms with Crippen LogP contribution in [0.15, 0.2) is 42.5 Å². The fraction of sp³-hybridized carbons (Fsp3) is 0.421. The number of amides is 1. The monoisotopic (exact) mass is 391 g/mol. The molecule has 1 fully saturated rings. The maximum atomic E-state index is 14.6. The first-order chi connectivity index (χ1) is 13.3. The summed E-state index contributed by atoms with van der Waals surface area (Å²) in [7, 11) is 0. The molecule has 1 saturated heterocycles. The zero-order chi connectivity index (χ0) is 20.3. The van der Waals surface area contributed by atoms with E-state index in [0.29, 0.717) is 25.9 Å². The van der Waals surface area contributed by atoms with Gasteiger partial charge < -0.3 is 10.8 Å². The lowest BCUT2D eigenvalue weighted by Crippen LogP contribution is -2.53. The molecule has 7 nitrogen and oxygen atoms in total. The predicted octanol–water partition coefficient (Wildman–Crippen LogP) is 1.34. The molecule has 0 aliphatic carbocycles. The van der Waals surface area contributed by atoms with Crippen LogP contribution in [-0.4, -0.2) is 49.8 Å². The van der Waals surface area contributed by atoms with E-state index in [0.717, 1.165) is 17.7 Å². The summed E-state index contributed by atoms with van der Waals surface area (Å²) in [6, 6.07) is 2.65. The standard InChI is InChI=1S/C19H23F2N5O2/c1-13(25-6-4-14(5-7-25)8-18(22)27)19(28,10-26-12-23-11-24-26)16-3-2-15(20)9-17(16)21/h2-3,8-9,11-13,28H,4-7,10H2,1H3,(H2,22,27)/t13-,19-/m1/s1. The van der Waals surface area contributed by atoms with Crippen LogP contribution in [0.2, 0.25) is 0 Å². The molecule has 1 aromatic heterocycles.